The summed E-state index contributed by atoms with van der Waals surface area (Å²) in [6.07, 6.45) is 2.23. The van der Waals surface area contributed by atoms with Crippen molar-refractivity contribution in [1.29, 1.82) is 0 Å². The van der Waals surface area contributed by atoms with Crippen LogP contribution in [-0.2, 0) is 4.74 Å². The van der Waals surface area contributed by atoms with Crippen LogP contribution in [0.4, 0.5) is 0 Å². The second kappa shape index (κ2) is 4.79. The zero-order chi connectivity index (χ0) is 9.80. The fourth-order valence-corrected chi connectivity index (χ4v) is 2.29. The summed E-state index contributed by atoms with van der Waals surface area (Å²) in [6.45, 7) is 1.62. The van der Waals surface area contributed by atoms with Gasteiger partial charge in [-0.15, -0.1) is 5.10 Å². The van der Waals surface area contributed by atoms with Crippen molar-refractivity contribution in [3.05, 3.63) is 11.1 Å². The maximum absolute atomic E-state index is 5.53. The van der Waals surface area contributed by atoms with E-state index in [0.717, 1.165) is 31.7 Å². The lowest BCUT2D eigenvalue weighted by atomic mass is 9.92. The molecule has 0 saturated carbocycles. The molecule has 6 heteroatoms. The van der Waals surface area contributed by atoms with Crippen molar-refractivity contribution in [3.8, 4) is 0 Å². The van der Waals surface area contributed by atoms with Gasteiger partial charge in [0.2, 0.25) is 0 Å². The average Bonchev–Trinajstić information content (AvgIpc) is 2.74. The number of nitrogens with zero attached hydrogens (tertiary/aromatic N) is 2. The Kier molecular flexibility index (Phi) is 3.41. The maximum Gasteiger partial charge on any atom is 0.0941 e. The Morgan fingerprint density at radius 3 is 3.21 bits per heavy atom. The summed E-state index contributed by atoms with van der Waals surface area (Å²) < 4.78 is 9.26. The summed E-state index contributed by atoms with van der Waals surface area (Å²) in [5.74, 6) is 5.94. The van der Waals surface area contributed by atoms with E-state index in [2.05, 4.69) is 15.0 Å². The van der Waals surface area contributed by atoms with Gasteiger partial charge in [0, 0.05) is 17.9 Å². The summed E-state index contributed by atoms with van der Waals surface area (Å²) in [4.78, 5) is 0. The second-order valence-electron chi connectivity index (χ2n) is 3.45. The van der Waals surface area contributed by atoms with Crippen molar-refractivity contribution < 1.29 is 4.74 Å². The van der Waals surface area contributed by atoms with Gasteiger partial charge in [0.05, 0.1) is 18.3 Å². The number of hydrazine groups is 1. The molecule has 1 aliphatic rings. The largest absolute Gasteiger partial charge is 0.381 e. The van der Waals surface area contributed by atoms with Gasteiger partial charge in [0.25, 0.3) is 0 Å². The Morgan fingerprint density at radius 2 is 2.64 bits per heavy atom. The highest BCUT2D eigenvalue weighted by Crippen LogP contribution is 2.27. The molecule has 0 spiro atoms. The number of rotatable bonds is 3. The van der Waals surface area contributed by atoms with Crippen LogP contribution in [-0.4, -0.2) is 22.8 Å². The lowest BCUT2D eigenvalue weighted by Gasteiger charge is -2.28. The van der Waals surface area contributed by atoms with Crippen molar-refractivity contribution in [3.63, 3.8) is 0 Å². The summed E-state index contributed by atoms with van der Waals surface area (Å²) >= 11 is 1.35. The normalized spacial score (nSPS) is 24.8. The summed E-state index contributed by atoms with van der Waals surface area (Å²) in [5.41, 5.74) is 3.72. The molecule has 1 fully saturated rings. The van der Waals surface area contributed by atoms with Crippen molar-refractivity contribution in [2.75, 3.05) is 13.2 Å². The zero-order valence-corrected chi connectivity index (χ0v) is 8.67. The molecule has 1 aromatic heterocycles. The monoisotopic (exact) mass is 214 g/mol. The molecule has 2 atom stereocenters. The molecule has 0 amide bonds. The SMILES string of the molecule is NNC(c1csnn1)C1CCCOC1. The quantitative estimate of drug-likeness (QED) is 0.565. The van der Waals surface area contributed by atoms with E-state index in [1.165, 1.54) is 11.5 Å². The van der Waals surface area contributed by atoms with Crippen LogP contribution in [0.5, 0.6) is 0 Å². The molecule has 0 aliphatic carbocycles. The molecular weight excluding hydrogens is 200 g/mol. The van der Waals surface area contributed by atoms with Gasteiger partial charge in [0.1, 0.15) is 0 Å². The van der Waals surface area contributed by atoms with Gasteiger partial charge in [-0.2, -0.15) is 0 Å². The van der Waals surface area contributed by atoms with Crippen LogP contribution in [0.3, 0.4) is 0 Å². The fraction of sp³-hybridized carbons (Fsp3) is 0.750. The molecule has 2 rings (SSSR count). The van der Waals surface area contributed by atoms with E-state index in [0.29, 0.717) is 5.92 Å². The third-order valence-electron chi connectivity index (χ3n) is 2.54. The first kappa shape index (κ1) is 9.97. The van der Waals surface area contributed by atoms with Gasteiger partial charge in [-0.25, -0.2) is 0 Å². The Bertz CT molecular complexity index is 260. The minimum absolute atomic E-state index is 0.0778. The molecule has 3 N–H and O–H groups in total. The van der Waals surface area contributed by atoms with Crippen LogP contribution in [0.25, 0.3) is 0 Å². The van der Waals surface area contributed by atoms with E-state index < -0.39 is 0 Å². The minimum Gasteiger partial charge on any atom is -0.381 e. The third-order valence-corrected chi connectivity index (χ3v) is 3.06. The highest BCUT2D eigenvalue weighted by Gasteiger charge is 2.26. The first-order chi connectivity index (χ1) is 6.92. The van der Waals surface area contributed by atoms with Crippen LogP contribution >= 0.6 is 11.5 Å². The van der Waals surface area contributed by atoms with Gasteiger partial charge in [-0.3, -0.25) is 11.3 Å². The van der Waals surface area contributed by atoms with Crippen LogP contribution in [0.1, 0.15) is 24.6 Å². The van der Waals surface area contributed by atoms with Gasteiger partial charge in [-0.05, 0) is 24.4 Å². The Balaban J connectivity index is 2.04. The average molecular weight is 214 g/mol. The smallest absolute Gasteiger partial charge is 0.0941 e. The number of nitrogens with one attached hydrogen (secondary N) is 1. The highest BCUT2D eigenvalue weighted by atomic mass is 32.1. The van der Waals surface area contributed by atoms with E-state index in [1.807, 2.05) is 5.38 Å². The van der Waals surface area contributed by atoms with Crippen molar-refractivity contribution in [1.82, 2.24) is 15.0 Å². The predicted molar refractivity (Wildman–Crippen MR) is 53.5 cm³/mol. The van der Waals surface area contributed by atoms with Gasteiger partial charge in [-0.1, -0.05) is 4.49 Å². The second-order valence-corrected chi connectivity index (χ2v) is 4.06. The fourth-order valence-electron chi connectivity index (χ4n) is 1.80. The molecular formula is C8H14N4OS. The molecule has 1 aromatic rings. The van der Waals surface area contributed by atoms with E-state index >= 15 is 0 Å². The molecule has 1 aliphatic heterocycles. The molecule has 2 heterocycles. The number of aromatic nitrogens is 2. The molecule has 0 radical (unpaired) electrons. The van der Waals surface area contributed by atoms with Gasteiger partial charge in [0.15, 0.2) is 0 Å². The number of hydrogen-bond donors (Lipinski definition) is 2. The summed E-state index contributed by atoms with van der Waals surface area (Å²) in [5, 5.41) is 5.96. The number of ether oxygens (including phenoxy) is 1. The Hall–Kier alpha value is -0.560. The van der Waals surface area contributed by atoms with Crippen LogP contribution in [0, 0.1) is 5.92 Å². The molecule has 1 saturated heterocycles. The molecule has 2 unspecified atom stereocenters. The van der Waals surface area contributed by atoms with Crippen molar-refractivity contribution in [2.45, 2.75) is 18.9 Å². The van der Waals surface area contributed by atoms with Gasteiger partial charge >= 0.3 is 0 Å². The summed E-state index contributed by atoms with van der Waals surface area (Å²) in [7, 11) is 0. The lowest BCUT2D eigenvalue weighted by molar-refractivity contribution is 0.0383. The van der Waals surface area contributed by atoms with Crippen molar-refractivity contribution >= 4 is 11.5 Å². The first-order valence-corrected chi connectivity index (χ1v) is 5.56. The van der Waals surface area contributed by atoms with Gasteiger partial charge < -0.3 is 4.74 Å². The van der Waals surface area contributed by atoms with E-state index in [4.69, 9.17) is 10.6 Å². The lowest BCUT2D eigenvalue weighted by Crippen LogP contribution is -2.37. The zero-order valence-electron chi connectivity index (χ0n) is 7.85. The summed E-state index contributed by atoms with van der Waals surface area (Å²) in [6, 6.07) is 0.0778. The molecule has 0 bridgehead atoms. The van der Waals surface area contributed by atoms with E-state index in [1.54, 1.807) is 0 Å². The Labute approximate surface area is 86.8 Å². The maximum atomic E-state index is 5.53. The van der Waals surface area contributed by atoms with Crippen molar-refractivity contribution in [2.24, 2.45) is 11.8 Å². The standard InChI is InChI=1S/C8H14N4OS/c9-10-8(7-5-14-12-11-7)6-2-1-3-13-4-6/h5-6,8,10H,1-4,9H2. The van der Waals surface area contributed by atoms with E-state index in [-0.39, 0.29) is 6.04 Å². The topological polar surface area (TPSA) is 73.1 Å². The highest BCUT2D eigenvalue weighted by molar-refractivity contribution is 7.03. The Morgan fingerprint density at radius 1 is 1.71 bits per heavy atom. The van der Waals surface area contributed by atoms with E-state index in [9.17, 15) is 0 Å². The number of nitrogens with two attached hydrogens (primary N) is 1. The van der Waals surface area contributed by atoms with Crippen LogP contribution < -0.4 is 11.3 Å². The third kappa shape index (κ3) is 2.09. The molecule has 14 heavy (non-hydrogen) atoms. The van der Waals surface area contributed by atoms with Crippen LogP contribution in [0.15, 0.2) is 5.38 Å². The molecule has 5 nitrogen and oxygen atoms in total. The molecule has 0 aromatic carbocycles. The predicted octanol–water partition coefficient (Wildman–Crippen LogP) is 0.469. The minimum atomic E-state index is 0.0778. The van der Waals surface area contributed by atoms with Crippen LogP contribution in [0.2, 0.25) is 0 Å². The first-order valence-electron chi connectivity index (χ1n) is 4.72. The number of hydrogen-bond acceptors (Lipinski definition) is 6. The molecule has 78 valence electrons.